The molecule has 20 heavy (non-hydrogen) atoms. The van der Waals surface area contributed by atoms with Gasteiger partial charge >= 0.3 is 0 Å². The van der Waals surface area contributed by atoms with Crippen LogP contribution in [0.4, 0.5) is 0 Å². The van der Waals surface area contributed by atoms with Gasteiger partial charge in [0.15, 0.2) is 0 Å². The van der Waals surface area contributed by atoms with Gasteiger partial charge in [0.25, 0.3) is 0 Å². The van der Waals surface area contributed by atoms with E-state index in [2.05, 4.69) is 50.1 Å². The Morgan fingerprint density at radius 1 is 1.35 bits per heavy atom. The molecule has 1 atom stereocenters. The van der Waals surface area contributed by atoms with Crippen molar-refractivity contribution in [2.75, 3.05) is 19.8 Å². The van der Waals surface area contributed by atoms with Crippen molar-refractivity contribution in [1.29, 1.82) is 0 Å². The van der Waals surface area contributed by atoms with Crippen molar-refractivity contribution in [2.24, 2.45) is 5.92 Å². The molecule has 1 aromatic rings. The lowest BCUT2D eigenvalue weighted by Gasteiger charge is -2.19. The van der Waals surface area contributed by atoms with E-state index in [0.29, 0.717) is 32.2 Å². The summed E-state index contributed by atoms with van der Waals surface area (Å²) >= 11 is 0. The molecule has 0 saturated carbocycles. The van der Waals surface area contributed by atoms with E-state index in [0.717, 1.165) is 11.3 Å². The molecule has 1 unspecified atom stereocenters. The summed E-state index contributed by atoms with van der Waals surface area (Å²) in [6, 6.07) is 0. The molecule has 0 aromatic carbocycles. The standard InChI is InChI=1S/C15H29N3O2/c1-11(2)9-20-10-13(19)8-16-6-12-7-17-18-14(12)15(3,4)5/h7,11,13,16,19H,6,8-10H2,1-5H3,(H,17,18). The number of aromatic nitrogens is 2. The Labute approximate surface area is 122 Å². The first kappa shape index (κ1) is 17.1. The summed E-state index contributed by atoms with van der Waals surface area (Å²) in [5.41, 5.74) is 2.33. The maximum atomic E-state index is 9.81. The zero-order valence-electron chi connectivity index (χ0n) is 13.4. The predicted molar refractivity (Wildman–Crippen MR) is 80.7 cm³/mol. The zero-order valence-corrected chi connectivity index (χ0v) is 13.4. The number of nitrogens with zero attached hydrogens (tertiary/aromatic N) is 1. The number of hydrogen-bond acceptors (Lipinski definition) is 4. The lowest BCUT2D eigenvalue weighted by atomic mass is 9.89. The summed E-state index contributed by atoms with van der Waals surface area (Å²) in [6.45, 7) is 12.9. The first-order valence-electron chi connectivity index (χ1n) is 7.30. The zero-order chi connectivity index (χ0) is 15.2. The minimum atomic E-state index is -0.473. The van der Waals surface area contributed by atoms with Crippen molar-refractivity contribution in [1.82, 2.24) is 15.5 Å². The molecule has 0 aliphatic heterocycles. The van der Waals surface area contributed by atoms with Crippen LogP contribution in [-0.2, 0) is 16.7 Å². The maximum absolute atomic E-state index is 9.81. The second-order valence-corrected chi connectivity index (χ2v) is 6.74. The number of nitrogens with one attached hydrogen (secondary N) is 2. The number of hydrogen-bond donors (Lipinski definition) is 3. The molecule has 0 aliphatic rings. The van der Waals surface area contributed by atoms with Gasteiger partial charge in [0, 0.05) is 36.4 Å². The lowest BCUT2D eigenvalue weighted by Crippen LogP contribution is -2.31. The summed E-state index contributed by atoms with van der Waals surface area (Å²) in [5.74, 6) is 0.496. The third-order valence-corrected chi connectivity index (χ3v) is 2.92. The van der Waals surface area contributed by atoms with Crippen molar-refractivity contribution >= 4 is 0 Å². The van der Waals surface area contributed by atoms with Gasteiger partial charge in [-0.15, -0.1) is 0 Å². The SMILES string of the molecule is CC(C)COCC(O)CNCc1cn[nH]c1C(C)(C)C. The van der Waals surface area contributed by atoms with Crippen molar-refractivity contribution in [2.45, 2.75) is 52.7 Å². The minimum absolute atomic E-state index is 0.0481. The van der Waals surface area contributed by atoms with E-state index in [1.807, 2.05) is 6.20 Å². The molecule has 0 amide bonds. The molecular weight excluding hydrogens is 254 g/mol. The van der Waals surface area contributed by atoms with Crippen LogP contribution >= 0.6 is 0 Å². The molecule has 5 nitrogen and oxygen atoms in total. The number of H-pyrrole nitrogens is 1. The van der Waals surface area contributed by atoms with Gasteiger partial charge in [-0.05, 0) is 5.92 Å². The van der Waals surface area contributed by atoms with E-state index < -0.39 is 6.10 Å². The third-order valence-electron chi connectivity index (χ3n) is 2.92. The topological polar surface area (TPSA) is 70.2 Å². The van der Waals surface area contributed by atoms with Crippen LogP contribution in [0.15, 0.2) is 6.20 Å². The van der Waals surface area contributed by atoms with E-state index in [9.17, 15) is 5.11 Å². The lowest BCUT2D eigenvalue weighted by molar-refractivity contribution is 0.0260. The third kappa shape index (κ3) is 6.03. The van der Waals surface area contributed by atoms with Crippen molar-refractivity contribution in [3.05, 3.63) is 17.5 Å². The van der Waals surface area contributed by atoms with Crippen LogP contribution in [0.2, 0.25) is 0 Å². The molecule has 0 radical (unpaired) electrons. The van der Waals surface area contributed by atoms with Crippen LogP contribution in [0.1, 0.15) is 45.9 Å². The van der Waals surface area contributed by atoms with Gasteiger partial charge in [0.05, 0.1) is 18.9 Å². The van der Waals surface area contributed by atoms with Gasteiger partial charge in [0.2, 0.25) is 0 Å². The fraction of sp³-hybridized carbons (Fsp3) is 0.800. The van der Waals surface area contributed by atoms with Gasteiger partial charge in [-0.1, -0.05) is 34.6 Å². The average Bonchev–Trinajstić information content (AvgIpc) is 2.76. The summed E-state index contributed by atoms with van der Waals surface area (Å²) in [7, 11) is 0. The Hall–Kier alpha value is -0.910. The monoisotopic (exact) mass is 283 g/mol. The number of aliphatic hydroxyl groups excluding tert-OH is 1. The fourth-order valence-corrected chi connectivity index (χ4v) is 1.97. The van der Waals surface area contributed by atoms with Gasteiger partial charge in [-0.25, -0.2) is 0 Å². The molecule has 1 heterocycles. The Bertz CT molecular complexity index is 383. The van der Waals surface area contributed by atoms with Gasteiger partial charge in [0.1, 0.15) is 0 Å². The predicted octanol–water partition coefficient (Wildman–Crippen LogP) is 1.83. The molecule has 0 fully saturated rings. The maximum Gasteiger partial charge on any atom is 0.0897 e. The Morgan fingerprint density at radius 3 is 2.65 bits per heavy atom. The van der Waals surface area contributed by atoms with Gasteiger partial charge in [-0.2, -0.15) is 5.10 Å². The number of ether oxygens (including phenoxy) is 1. The molecule has 0 aliphatic carbocycles. The molecule has 0 saturated heterocycles. The molecule has 0 spiro atoms. The highest BCUT2D eigenvalue weighted by Gasteiger charge is 2.19. The van der Waals surface area contributed by atoms with E-state index in [-0.39, 0.29) is 5.41 Å². The molecule has 1 aromatic heterocycles. The molecule has 116 valence electrons. The smallest absolute Gasteiger partial charge is 0.0897 e. The second kappa shape index (κ2) is 7.76. The van der Waals surface area contributed by atoms with Gasteiger partial charge < -0.3 is 15.2 Å². The molecule has 5 heteroatoms. The highest BCUT2D eigenvalue weighted by Crippen LogP contribution is 2.23. The van der Waals surface area contributed by atoms with Crippen molar-refractivity contribution < 1.29 is 9.84 Å². The highest BCUT2D eigenvalue weighted by molar-refractivity contribution is 5.23. The normalized spacial score (nSPS) is 13.9. The Morgan fingerprint density at radius 2 is 2.05 bits per heavy atom. The summed E-state index contributed by atoms with van der Waals surface area (Å²) in [5, 5.41) is 20.2. The molecular formula is C15H29N3O2. The molecule has 3 N–H and O–H groups in total. The highest BCUT2D eigenvalue weighted by atomic mass is 16.5. The first-order chi connectivity index (χ1) is 9.30. The van der Waals surface area contributed by atoms with Crippen LogP contribution in [-0.4, -0.2) is 41.2 Å². The summed E-state index contributed by atoms with van der Waals surface area (Å²) in [4.78, 5) is 0. The van der Waals surface area contributed by atoms with Gasteiger partial charge in [-0.3, -0.25) is 5.10 Å². The second-order valence-electron chi connectivity index (χ2n) is 6.74. The van der Waals surface area contributed by atoms with Crippen molar-refractivity contribution in [3.63, 3.8) is 0 Å². The van der Waals surface area contributed by atoms with Crippen molar-refractivity contribution in [3.8, 4) is 0 Å². The average molecular weight is 283 g/mol. The molecule has 0 bridgehead atoms. The largest absolute Gasteiger partial charge is 0.389 e. The van der Waals surface area contributed by atoms with Crippen LogP contribution in [0.25, 0.3) is 0 Å². The Kier molecular flexibility index (Phi) is 6.65. The summed E-state index contributed by atoms with van der Waals surface area (Å²) < 4.78 is 5.41. The minimum Gasteiger partial charge on any atom is -0.389 e. The molecule has 1 rings (SSSR count). The van der Waals surface area contributed by atoms with E-state index in [4.69, 9.17) is 4.74 Å². The van der Waals surface area contributed by atoms with E-state index >= 15 is 0 Å². The van der Waals surface area contributed by atoms with Crippen LogP contribution < -0.4 is 5.32 Å². The number of aliphatic hydroxyl groups is 1. The quantitative estimate of drug-likeness (QED) is 0.681. The summed E-state index contributed by atoms with van der Waals surface area (Å²) in [6.07, 6.45) is 1.37. The van der Waals surface area contributed by atoms with E-state index in [1.165, 1.54) is 0 Å². The van der Waals surface area contributed by atoms with Crippen LogP contribution in [0.3, 0.4) is 0 Å². The fourth-order valence-electron chi connectivity index (χ4n) is 1.97. The van der Waals surface area contributed by atoms with Crippen LogP contribution in [0.5, 0.6) is 0 Å². The first-order valence-corrected chi connectivity index (χ1v) is 7.30. The number of rotatable bonds is 8. The number of aromatic amines is 1. The van der Waals surface area contributed by atoms with Crippen LogP contribution in [0, 0.1) is 5.92 Å². The Balaban J connectivity index is 2.29. The van der Waals surface area contributed by atoms with E-state index in [1.54, 1.807) is 0 Å².